The molecule has 3 atom stereocenters. The van der Waals surface area contributed by atoms with Gasteiger partial charge in [0.15, 0.2) is 6.29 Å². The van der Waals surface area contributed by atoms with Gasteiger partial charge < -0.3 is 19.1 Å². The van der Waals surface area contributed by atoms with E-state index in [1.165, 1.54) is 0 Å². The van der Waals surface area contributed by atoms with Crippen LogP contribution in [0.2, 0.25) is 0 Å². The van der Waals surface area contributed by atoms with Crippen LogP contribution in [0.5, 0.6) is 0 Å². The van der Waals surface area contributed by atoms with E-state index in [2.05, 4.69) is 20.3 Å². The maximum Gasteiger partial charge on any atom is 0.240 e. The van der Waals surface area contributed by atoms with Crippen LogP contribution >= 0.6 is 0 Å². The molecule has 0 saturated carbocycles. The van der Waals surface area contributed by atoms with Crippen LogP contribution in [0.15, 0.2) is 139 Å². The highest BCUT2D eigenvalue weighted by Gasteiger charge is 2.32. The number of rotatable bonds is 10. The molecule has 3 unspecified atom stereocenters. The van der Waals surface area contributed by atoms with Gasteiger partial charge in [-0.1, -0.05) is 103 Å². The molecule has 9 heteroatoms. The minimum atomic E-state index is -3.65. The van der Waals surface area contributed by atoms with Crippen LogP contribution in [0.25, 0.3) is 22.2 Å². The molecule has 2 heterocycles. The Balaban J connectivity index is 1.12. The van der Waals surface area contributed by atoms with Crippen molar-refractivity contribution in [3.63, 3.8) is 0 Å². The van der Waals surface area contributed by atoms with Gasteiger partial charge in [-0.25, -0.2) is 18.1 Å². The normalized spacial score (nSPS) is 18.4. The number of aliphatic hydroxyl groups excluding tert-OH is 1. The molecule has 0 spiro atoms. The molecule has 0 bridgehead atoms. The largest absolute Gasteiger partial charge is 0.392 e. The third-order valence-electron chi connectivity index (χ3n) is 8.56. The van der Waals surface area contributed by atoms with E-state index in [9.17, 15) is 13.5 Å². The van der Waals surface area contributed by atoms with Crippen LogP contribution in [0, 0.1) is 0 Å². The zero-order valence-electron chi connectivity index (χ0n) is 25.6. The molecule has 5 aromatic carbocycles. The summed E-state index contributed by atoms with van der Waals surface area (Å²) in [6, 6.07) is 40.1. The first-order valence-corrected chi connectivity index (χ1v) is 17.1. The maximum absolute atomic E-state index is 12.9. The fourth-order valence-corrected chi connectivity index (χ4v) is 7.07. The first kappa shape index (κ1) is 31.0. The molecule has 0 amide bonds. The topological polar surface area (TPSA) is 103 Å². The van der Waals surface area contributed by atoms with Crippen LogP contribution in [-0.2, 0) is 39.2 Å². The van der Waals surface area contributed by atoms with E-state index in [1.807, 2.05) is 97.3 Å². The third kappa shape index (κ3) is 6.90. The molecule has 47 heavy (non-hydrogen) atoms. The highest BCUT2D eigenvalue weighted by Crippen LogP contribution is 2.39. The van der Waals surface area contributed by atoms with Gasteiger partial charge in [0.05, 0.1) is 47.6 Å². The van der Waals surface area contributed by atoms with E-state index in [1.54, 1.807) is 30.3 Å². The summed E-state index contributed by atoms with van der Waals surface area (Å²) in [5.74, 6) is 0. The van der Waals surface area contributed by atoms with Gasteiger partial charge in [-0.05, 0) is 52.1 Å². The lowest BCUT2D eigenvalue weighted by molar-refractivity contribution is -0.252. The van der Waals surface area contributed by atoms with Gasteiger partial charge in [-0.15, -0.1) is 0 Å². The molecule has 2 N–H and O–H groups in total. The number of aromatic nitrogens is 2. The summed E-state index contributed by atoms with van der Waals surface area (Å²) in [4.78, 5) is 4.79. The van der Waals surface area contributed by atoms with Gasteiger partial charge >= 0.3 is 0 Å². The number of para-hydroxylation sites is 2. The lowest BCUT2D eigenvalue weighted by Gasteiger charge is -2.36. The number of hydrogen-bond acceptors (Lipinski definition) is 6. The average molecular weight is 646 g/mol. The van der Waals surface area contributed by atoms with Crippen molar-refractivity contribution in [2.75, 3.05) is 0 Å². The lowest BCUT2D eigenvalue weighted by Crippen LogP contribution is -2.32. The Morgan fingerprint density at radius 2 is 1.49 bits per heavy atom. The molecule has 1 aliphatic rings. The Labute approximate surface area is 274 Å². The third-order valence-corrected chi connectivity index (χ3v) is 9.98. The zero-order valence-corrected chi connectivity index (χ0v) is 26.5. The van der Waals surface area contributed by atoms with Crippen LogP contribution in [0.4, 0.5) is 0 Å². The van der Waals surface area contributed by atoms with E-state index in [0.29, 0.717) is 13.0 Å². The van der Waals surface area contributed by atoms with Crippen LogP contribution in [0.1, 0.15) is 41.1 Å². The second kappa shape index (κ2) is 13.6. The van der Waals surface area contributed by atoms with Crippen molar-refractivity contribution >= 4 is 21.1 Å². The molecule has 0 radical (unpaired) electrons. The highest BCUT2D eigenvalue weighted by molar-refractivity contribution is 7.89. The number of hydrogen-bond donors (Lipinski definition) is 2. The number of sulfonamides is 1. The van der Waals surface area contributed by atoms with Crippen molar-refractivity contribution in [1.29, 1.82) is 0 Å². The number of benzene rings is 5. The van der Waals surface area contributed by atoms with E-state index in [-0.39, 0.29) is 30.3 Å². The number of nitrogens with one attached hydrogen (secondary N) is 1. The predicted molar refractivity (Wildman–Crippen MR) is 181 cm³/mol. The van der Waals surface area contributed by atoms with Crippen molar-refractivity contribution in [2.24, 2.45) is 0 Å². The quantitative estimate of drug-likeness (QED) is 0.168. The second-order valence-electron chi connectivity index (χ2n) is 11.7. The van der Waals surface area contributed by atoms with Crippen LogP contribution in [-0.4, -0.2) is 29.2 Å². The minimum Gasteiger partial charge on any atom is -0.392 e. The van der Waals surface area contributed by atoms with Crippen LogP contribution in [0.3, 0.4) is 0 Å². The van der Waals surface area contributed by atoms with Crippen molar-refractivity contribution in [3.8, 4) is 11.1 Å². The Kier molecular flexibility index (Phi) is 8.97. The van der Waals surface area contributed by atoms with E-state index in [0.717, 1.165) is 44.4 Å². The molecule has 6 aromatic rings. The van der Waals surface area contributed by atoms with Crippen LogP contribution < -0.4 is 4.72 Å². The Bertz CT molecular complexity index is 2060. The number of aliphatic hydroxyl groups is 1. The monoisotopic (exact) mass is 645 g/mol. The molecule has 238 valence electrons. The van der Waals surface area contributed by atoms with Gasteiger partial charge in [0, 0.05) is 18.5 Å². The zero-order chi connectivity index (χ0) is 32.2. The number of nitrogens with zero attached hydrogens (tertiary/aromatic N) is 2. The fourth-order valence-electron chi connectivity index (χ4n) is 6.04. The molecule has 1 aliphatic heterocycles. The number of imidazole rings is 1. The predicted octanol–water partition coefficient (Wildman–Crippen LogP) is 6.92. The van der Waals surface area contributed by atoms with Gasteiger partial charge in [0.25, 0.3) is 0 Å². The lowest BCUT2D eigenvalue weighted by atomic mass is 9.97. The Morgan fingerprint density at radius 1 is 0.787 bits per heavy atom. The molecular weight excluding hydrogens is 611 g/mol. The summed E-state index contributed by atoms with van der Waals surface area (Å²) >= 11 is 0. The SMILES string of the molecule is O=S(=O)(NCc1ccccc1-c1ccc(C2OC(Cn3cnc4ccccc43)CC(c3ccc(CO)cc3)O2)cc1)c1ccccc1. The van der Waals surface area contributed by atoms with Gasteiger partial charge in [-0.2, -0.15) is 0 Å². The van der Waals surface area contributed by atoms with E-state index < -0.39 is 16.3 Å². The number of ether oxygens (including phenoxy) is 2. The molecule has 0 aliphatic carbocycles. The molecule has 1 saturated heterocycles. The van der Waals surface area contributed by atoms with Crippen molar-refractivity contribution in [2.45, 2.75) is 49.5 Å². The number of fused-ring (bicyclic) bond motifs is 1. The molecule has 8 nitrogen and oxygen atoms in total. The van der Waals surface area contributed by atoms with Gasteiger partial charge in [0.2, 0.25) is 10.0 Å². The summed E-state index contributed by atoms with van der Waals surface area (Å²) in [5.41, 5.74) is 7.51. The first-order valence-electron chi connectivity index (χ1n) is 15.6. The summed E-state index contributed by atoms with van der Waals surface area (Å²) < 4.78 is 43.8. The van der Waals surface area contributed by atoms with Gasteiger partial charge in [0.1, 0.15) is 0 Å². The molecule has 1 fully saturated rings. The van der Waals surface area contributed by atoms with Crippen molar-refractivity contribution in [1.82, 2.24) is 14.3 Å². The van der Waals surface area contributed by atoms with Gasteiger partial charge in [-0.3, -0.25) is 0 Å². The Morgan fingerprint density at radius 3 is 2.28 bits per heavy atom. The van der Waals surface area contributed by atoms with Crippen molar-refractivity contribution < 1.29 is 23.0 Å². The summed E-state index contributed by atoms with van der Waals surface area (Å²) in [5, 5.41) is 9.55. The molecule has 7 rings (SSSR count). The maximum atomic E-state index is 12.9. The fraction of sp³-hybridized carbons (Fsp3) is 0.184. The summed E-state index contributed by atoms with van der Waals surface area (Å²) in [6.45, 7) is 0.767. The molecular formula is C38H35N3O5S. The molecule has 1 aromatic heterocycles. The van der Waals surface area contributed by atoms with Crippen molar-refractivity contribution in [3.05, 3.63) is 156 Å². The standard InChI is InChI=1S/C38H35N3O5S/c42-25-27-14-16-29(17-15-27)37-22-32(24-41-26-39-35-12-6-7-13-36(35)41)45-38(46-37)30-20-18-28(19-21-30)34-11-5-4-8-31(34)23-40-47(43,44)33-9-2-1-3-10-33/h1-21,26,32,37-38,40,42H,22-25H2. The summed E-state index contributed by atoms with van der Waals surface area (Å²) in [7, 11) is -3.65. The Hall–Kier alpha value is -4.64. The first-order chi connectivity index (χ1) is 23.0. The van der Waals surface area contributed by atoms with E-state index >= 15 is 0 Å². The highest BCUT2D eigenvalue weighted by atomic mass is 32.2. The average Bonchev–Trinajstić information content (AvgIpc) is 3.53. The second-order valence-corrected chi connectivity index (χ2v) is 13.4. The smallest absolute Gasteiger partial charge is 0.240 e. The minimum absolute atomic E-state index is 0.0117. The summed E-state index contributed by atoms with van der Waals surface area (Å²) in [6.07, 6.45) is 1.56. The van der Waals surface area contributed by atoms with E-state index in [4.69, 9.17) is 9.47 Å².